The average Bonchev–Trinajstić information content (AvgIpc) is 3.24. The van der Waals surface area contributed by atoms with Crippen LogP contribution >= 0.6 is 15.9 Å². The van der Waals surface area contributed by atoms with E-state index < -0.39 is 0 Å². The minimum atomic E-state index is -0.0511. The fourth-order valence-electron chi connectivity index (χ4n) is 4.29. The lowest BCUT2D eigenvalue weighted by Gasteiger charge is -2.32. The van der Waals surface area contributed by atoms with Crippen LogP contribution in [0.15, 0.2) is 65.5 Å². The number of hydrogen-bond donors (Lipinski definition) is 2. The summed E-state index contributed by atoms with van der Waals surface area (Å²) in [5, 5.41) is 11.0. The van der Waals surface area contributed by atoms with Crippen LogP contribution in [-0.2, 0) is 6.54 Å². The zero-order valence-corrected chi connectivity index (χ0v) is 20.5. The molecule has 1 aliphatic heterocycles. The van der Waals surface area contributed by atoms with Gasteiger partial charge in [0.15, 0.2) is 5.65 Å². The molecule has 0 bridgehead atoms. The summed E-state index contributed by atoms with van der Waals surface area (Å²) in [7, 11) is 0. The number of hydrogen-bond acceptors (Lipinski definition) is 5. The van der Waals surface area contributed by atoms with Gasteiger partial charge in [-0.2, -0.15) is 9.61 Å². The van der Waals surface area contributed by atoms with Crippen LogP contribution in [0.25, 0.3) is 5.65 Å². The van der Waals surface area contributed by atoms with Gasteiger partial charge in [0.25, 0.3) is 0 Å². The molecule has 0 radical (unpaired) electrons. The number of aromatic nitrogens is 4. The van der Waals surface area contributed by atoms with Crippen LogP contribution < -0.4 is 10.6 Å². The summed E-state index contributed by atoms with van der Waals surface area (Å²) in [5.41, 5.74) is 4.84. The van der Waals surface area contributed by atoms with E-state index in [2.05, 4.69) is 42.7 Å². The van der Waals surface area contributed by atoms with Gasteiger partial charge in [-0.3, -0.25) is 4.98 Å². The Kier molecular flexibility index (Phi) is 6.44. The van der Waals surface area contributed by atoms with Crippen molar-refractivity contribution < 1.29 is 4.79 Å². The van der Waals surface area contributed by atoms with Crippen molar-refractivity contribution in [3.05, 3.63) is 82.3 Å². The molecule has 0 unspecified atom stereocenters. The second-order valence-electron chi connectivity index (χ2n) is 8.57. The molecule has 8 nitrogen and oxygen atoms in total. The van der Waals surface area contributed by atoms with Crippen molar-refractivity contribution in [3.63, 3.8) is 0 Å². The van der Waals surface area contributed by atoms with Crippen molar-refractivity contribution in [2.45, 2.75) is 32.2 Å². The molecule has 9 heteroatoms. The largest absolute Gasteiger partial charge is 0.366 e. The first kappa shape index (κ1) is 22.3. The van der Waals surface area contributed by atoms with E-state index in [-0.39, 0.29) is 11.9 Å². The van der Waals surface area contributed by atoms with Crippen molar-refractivity contribution >= 4 is 39.1 Å². The Hall–Kier alpha value is -3.46. The van der Waals surface area contributed by atoms with Crippen molar-refractivity contribution in [1.82, 2.24) is 24.5 Å². The van der Waals surface area contributed by atoms with E-state index in [9.17, 15) is 4.79 Å². The number of nitrogens with zero attached hydrogens (tertiary/aromatic N) is 5. The monoisotopic (exact) mass is 519 g/mol. The number of urea groups is 1. The first-order chi connectivity index (χ1) is 16.6. The van der Waals surface area contributed by atoms with Crippen molar-refractivity contribution in [1.29, 1.82) is 0 Å². The molecular formula is C25H26BrN7O. The third kappa shape index (κ3) is 4.89. The maximum Gasteiger partial charge on any atom is 0.321 e. The summed E-state index contributed by atoms with van der Waals surface area (Å²) in [5.74, 6) is 1.16. The Labute approximate surface area is 206 Å². The minimum absolute atomic E-state index is 0.0511. The highest BCUT2D eigenvalue weighted by molar-refractivity contribution is 9.10. The summed E-state index contributed by atoms with van der Waals surface area (Å²) in [6.45, 7) is 4.04. The molecule has 2 N–H and O–H groups in total. The van der Waals surface area contributed by atoms with Crippen LogP contribution in [0.2, 0.25) is 0 Å². The third-order valence-corrected chi connectivity index (χ3v) is 6.67. The number of halogens is 1. The molecule has 1 aliphatic rings. The molecule has 0 aliphatic carbocycles. The summed E-state index contributed by atoms with van der Waals surface area (Å²) in [4.78, 5) is 23.7. The Morgan fingerprint density at radius 1 is 1.15 bits per heavy atom. The molecule has 2 amide bonds. The SMILES string of the molecule is Cc1cccc(NC(=O)N2CCC(c3cc(NCc4cccnc4)n4ncc(Br)c4n3)CC2)c1. The van der Waals surface area contributed by atoms with Gasteiger partial charge >= 0.3 is 6.03 Å². The van der Waals surface area contributed by atoms with E-state index >= 15 is 0 Å². The molecule has 4 heterocycles. The number of rotatable bonds is 5. The molecular weight excluding hydrogens is 494 g/mol. The van der Waals surface area contributed by atoms with Crippen LogP contribution in [0.5, 0.6) is 0 Å². The van der Waals surface area contributed by atoms with E-state index in [1.54, 1.807) is 12.4 Å². The van der Waals surface area contributed by atoms with Gasteiger partial charge in [0.2, 0.25) is 0 Å². The fraction of sp³-hybridized carbons (Fsp3) is 0.280. The zero-order chi connectivity index (χ0) is 23.5. The van der Waals surface area contributed by atoms with Gasteiger partial charge < -0.3 is 15.5 Å². The van der Waals surface area contributed by atoms with E-state index in [0.717, 1.165) is 51.3 Å². The normalized spacial score (nSPS) is 14.4. The van der Waals surface area contributed by atoms with Crippen LogP contribution in [0.3, 0.4) is 0 Å². The Morgan fingerprint density at radius 3 is 2.76 bits per heavy atom. The standard InChI is InChI=1S/C25H26BrN7O/c1-17-4-2-6-20(12-17)30-25(34)32-10-7-19(8-11-32)22-13-23(28-15-18-5-3-9-27-14-18)33-24(31-22)21(26)16-29-33/h2-6,9,12-14,16,19,28H,7-8,10-11,15H2,1H3,(H,30,34). The predicted molar refractivity (Wildman–Crippen MR) is 136 cm³/mol. The first-order valence-electron chi connectivity index (χ1n) is 11.4. The maximum absolute atomic E-state index is 12.7. The molecule has 4 aromatic rings. The number of carbonyl (C=O) groups excluding carboxylic acids is 1. The highest BCUT2D eigenvalue weighted by Gasteiger charge is 2.26. The van der Waals surface area contributed by atoms with E-state index in [1.165, 1.54) is 0 Å². The average molecular weight is 520 g/mol. The van der Waals surface area contributed by atoms with Crippen molar-refractivity contribution in [2.75, 3.05) is 23.7 Å². The number of likely N-dealkylation sites (tertiary alicyclic amines) is 1. The smallest absolute Gasteiger partial charge is 0.321 e. The number of anilines is 2. The van der Waals surface area contributed by atoms with Crippen LogP contribution in [0, 0.1) is 6.92 Å². The third-order valence-electron chi connectivity index (χ3n) is 6.11. The van der Waals surface area contributed by atoms with Crippen molar-refractivity contribution in [3.8, 4) is 0 Å². The number of pyridine rings is 1. The quantitative estimate of drug-likeness (QED) is 0.377. The van der Waals surface area contributed by atoms with E-state index in [0.29, 0.717) is 19.6 Å². The molecule has 0 spiro atoms. The second kappa shape index (κ2) is 9.80. The first-order valence-corrected chi connectivity index (χ1v) is 12.2. The van der Waals surface area contributed by atoms with Crippen molar-refractivity contribution in [2.24, 2.45) is 0 Å². The van der Waals surface area contributed by atoms with Crippen LogP contribution in [-0.4, -0.2) is 43.6 Å². The fourth-order valence-corrected chi connectivity index (χ4v) is 4.64. The number of benzene rings is 1. The summed E-state index contributed by atoms with van der Waals surface area (Å²) in [6.07, 6.45) is 7.10. The number of fused-ring (bicyclic) bond motifs is 1. The van der Waals surface area contributed by atoms with E-state index in [4.69, 9.17) is 4.98 Å². The molecule has 1 aromatic carbocycles. The number of amides is 2. The second-order valence-corrected chi connectivity index (χ2v) is 9.42. The summed E-state index contributed by atoms with van der Waals surface area (Å²) < 4.78 is 2.67. The zero-order valence-electron chi connectivity index (χ0n) is 18.9. The minimum Gasteiger partial charge on any atom is -0.366 e. The van der Waals surface area contributed by atoms with Gasteiger partial charge in [0.05, 0.1) is 10.7 Å². The molecule has 1 fully saturated rings. The van der Waals surface area contributed by atoms with Crippen LogP contribution in [0.1, 0.15) is 35.6 Å². The topological polar surface area (TPSA) is 87.5 Å². The van der Waals surface area contributed by atoms with E-state index in [1.807, 2.05) is 58.9 Å². The number of carbonyl (C=O) groups is 1. The lowest BCUT2D eigenvalue weighted by molar-refractivity contribution is 0.194. The highest BCUT2D eigenvalue weighted by Crippen LogP contribution is 2.31. The van der Waals surface area contributed by atoms with Gasteiger partial charge in [0, 0.05) is 55.4 Å². The molecule has 0 saturated carbocycles. The lowest BCUT2D eigenvalue weighted by Crippen LogP contribution is -2.40. The molecule has 5 rings (SSSR count). The number of aryl methyl sites for hydroxylation is 1. The molecule has 34 heavy (non-hydrogen) atoms. The molecule has 1 saturated heterocycles. The predicted octanol–water partition coefficient (Wildman–Crippen LogP) is 5.22. The lowest BCUT2D eigenvalue weighted by atomic mass is 9.93. The summed E-state index contributed by atoms with van der Waals surface area (Å²) >= 11 is 3.58. The number of piperidine rings is 1. The van der Waals surface area contributed by atoms with Crippen LogP contribution in [0.4, 0.5) is 16.3 Å². The van der Waals surface area contributed by atoms with Gasteiger partial charge in [-0.15, -0.1) is 0 Å². The van der Waals surface area contributed by atoms with Gasteiger partial charge in [0.1, 0.15) is 5.82 Å². The van der Waals surface area contributed by atoms with Gasteiger partial charge in [-0.25, -0.2) is 9.78 Å². The Morgan fingerprint density at radius 2 is 2.00 bits per heavy atom. The highest BCUT2D eigenvalue weighted by atomic mass is 79.9. The Bertz CT molecular complexity index is 1300. The number of nitrogens with one attached hydrogen (secondary N) is 2. The van der Waals surface area contributed by atoms with Gasteiger partial charge in [-0.05, 0) is 65.0 Å². The molecule has 174 valence electrons. The van der Waals surface area contributed by atoms with Gasteiger partial charge in [-0.1, -0.05) is 18.2 Å². The maximum atomic E-state index is 12.7. The summed E-state index contributed by atoms with van der Waals surface area (Å²) in [6, 6.07) is 13.9. The molecule has 3 aromatic heterocycles. The molecule has 0 atom stereocenters. The Balaban J connectivity index is 1.29.